The quantitative estimate of drug-likeness (QED) is 0.172. The molecule has 0 radical (unpaired) electrons. The van der Waals surface area contributed by atoms with Crippen molar-refractivity contribution in [3.63, 3.8) is 0 Å². The molecule has 3 amide bonds. The molecule has 1 unspecified atom stereocenters. The number of carbonyl (C=O) groups is 2. The Labute approximate surface area is 231 Å². The molecule has 0 spiro atoms. The Morgan fingerprint density at radius 3 is 2.47 bits per heavy atom. The summed E-state index contributed by atoms with van der Waals surface area (Å²) >= 11 is 6.48. The highest BCUT2D eigenvalue weighted by Crippen LogP contribution is 2.48. The number of amides is 3. The maximum atomic E-state index is 11.9. The lowest BCUT2D eigenvalue weighted by molar-refractivity contribution is -0.122. The first-order valence-corrected chi connectivity index (χ1v) is 14.9. The van der Waals surface area contributed by atoms with Crippen LogP contribution in [-0.4, -0.2) is 76.3 Å². The zero-order chi connectivity index (χ0) is 28.0. The Kier molecular flexibility index (Phi) is 10.3. The Hall–Kier alpha value is -2.50. The van der Waals surface area contributed by atoms with Crippen LogP contribution in [0.15, 0.2) is 42.5 Å². The van der Waals surface area contributed by atoms with Crippen molar-refractivity contribution in [3.05, 3.63) is 64.2 Å². The van der Waals surface area contributed by atoms with Crippen molar-refractivity contribution in [3.8, 4) is 5.75 Å². The van der Waals surface area contributed by atoms with E-state index in [0.29, 0.717) is 42.5 Å². The second kappa shape index (κ2) is 13.0. The van der Waals surface area contributed by atoms with E-state index < -0.39 is 46.7 Å². The average molecular weight is 568 g/mol. The molecule has 0 aliphatic carbocycles. The number of rotatable bonds is 10. The van der Waals surface area contributed by atoms with Crippen LogP contribution in [0.5, 0.6) is 5.75 Å². The molecule has 1 fully saturated rings. The fraction of sp³-hybridized carbons (Fsp3) is 0.481. The molecule has 3 rings (SSSR count). The zero-order valence-corrected chi connectivity index (χ0v) is 23.5. The summed E-state index contributed by atoms with van der Waals surface area (Å²) in [7, 11) is -0.709. The lowest BCUT2D eigenvalue weighted by Crippen LogP contribution is -2.55. The molecular weight excluding hydrogens is 530 g/mol. The van der Waals surface area contributed by atoms with Crippen molar-refractivity contribution in [1.82, 2.24) is 10.6 Å². The molecule has 0 aromatic heterocycles. The number of carbonyl (C=O) groups excluding carboxylic acids is 2. The highest BCUT2D eigenvalue weighted by atomic mass is 35.5. The Morgan fingerprint density at radius 1 is 1.13 bits per heavy atom. The largest absolute Gasteiger partial charge is 0.494 e. The van der Waals surface area contributed by atoms with Gasteiger partial charge in [0.15, 0.2) is 0 Å². The molecule has 0 saturated carbocycles. The Balaban J connectivity index is 1.51. The van der Waals surface area contributed by atoms with Crippen LogP contribution in [-0.2, 0) is 11.2 Å². The highest BCUT2D eigenvalue weighted by molar-refractivity contribution is 8.16. The van der Waals surface area contributed by atoms with Gasteiger partial charge in [-0.25, -0.2) is 15.7 Å². The summed E-state index contributed by atoms with van der Waals surface area (Å²) in [6.45, 7) is 3.84. The van der Waals surface area contributed by atoms with E-state index >= 15 is 0 Å². The van der Waals surface area contributed by atoms with Gasteiger partial charge in [0.25, 0.3) is 0 Å². The number of ether oxygens (including phenoxy) is 1. The highest BCUT2D eigenvalue weighted by Gasteiger charge is 2.40. The van der Waals surface area contributed by atoms with E-state index in [-0.39, 0.29) is 5.25 Å². The number of hydrogen-bond acceptors (Lipinski definition) is 6. The number of nitrogens with one attached hydrogen (secondary N) is 2. The van der Waals surface area contributed by atoms with Crippen LogP contribution >= 0.6 is 22.5 Å². The van der Waals surface area contributed by atoms with Gasteiger partial charge in [-0.05, 0) is 67.8 Å². The minimum absolute atomic E-state index is 0.231. The van der Waals surface area contributed by atoms with E-state index in [4.69, 9.17) is 22.1 Å². The first-order chi connectivity index (χ1) is 17.9. The maximum absolute atomic E-state index is 11.9. The monoisotopic (exact) mass is 567 g/mol. The summed E-state index contributed by atoms with van der Waals surface area (Å²) in [6.07, 6.45) is 0.109. The number of primary amides is 1. The van der Waals surface area contributed by atoms with Crippen molar-refractivity contribution in [2.24, 2.45) is 5.73 Å². The number of urea groups is 1. The molecule has 1 aliphatic rings. The zero-order valence-electron chi connectivity index (χ0n) is 21.9. The molecule has 7 N–H and O–H groups in total. The molecule has 11 heteroatoms. The molecule has 38 heavy (non-hydrogen) atoms. The van der Waals surface area contributed by atoms with Gasteiger partial charge in [0.05, 0.1) is 18.8 Å². The van der Waals surface area contributed by atoms with Crippen LogP contribution in [0.4, 0.5) is 4.79 Å². The van der Waals surface area contributed by atoms with E-state index in [1.807, 2.05) is 48.7 Å². The normalized spacial score (nSPS) is 24.4. The second-order valence-electron chi connectivity index (χ2n) is 10.2. The van der Waals surface area contributed by atoms with Gasteiger partial charge in [0.2, 0.25) is 5.91 Å². The second-order valence-corrected chi connectivity index (χ2v) is 13.0. The van der Waals surface area contributed by atoms with Crippen molar-refractivity contribution in [2.45, 2.75) is 55.8 Å². The smallest absolute Gasteiger partial charge is 0.315 e. The van der Waals surface area contributed by atoms with Gasteiger partial charge in [-0.3, -0.25) is 4.79 Å². The lowest BCUT2D eigenvalue weighted by Gasteiger charge is -2.42. The molecule has 210 valence electrons. The topological polar surface area (TPSA) is 154 Å². The van der Waals surface area contributed by atoms with Crippen LogP contribution in [0.2, 0.25) is 5.02 Å². The predicted molar refractivity (Wildman–Crippen MR) is 151 cm³/mol. The summed E-state index contributed by atoms with van der Waals surface area (Å²) in [6, 6.07) is 12.9. The Morgan fingerprint density at radius 2 is 1.82 bits per heavy atom. The molecule has 9 nitrogen and oxygen atoms in total. The third kappa shape index (κ3) is 7.77. The molecule has 5 atom stereocenters. The molecule has 0 bridgehead atoms. The Bertz CT molecular complexity index is 1120. The molecular formula is C27H38ClN3O6S. The molecule has 1 aliphatic heterocycles. The number of benzene rings is 2. The number of aliphatic hydroxyl groups excluding tert-OH is 3. The standard InChI is InChI=1S/C27H38ClN3O6S/c1-27(2,25(29)35)31-26(36)30-11-4-12-37-19-8-5-16(6-9-19)13-18-14-17(7-10-20(18)28)24-23(34)22(33)21(32)15-38(24)3/h5-10,14,21-24,32-34,38H,4,11-13,15H2,1-3H3,(H2,29,35)(H2,30,31,36)/t21-,22-,23-,24+/m1/s1. The fourth-order valence-electron chi connectivity index (χ4n) is 4.33. The van der Waals surface area contributed by atoms with Crippen LogP contribution in [0.1, 0.15) is 42.2 Å². The van der Waals surface area contributed by atoms with E-state index in [0.717, 1.165) is 16.7 Å². The number of aliphatic hydroxyl groups is 3. The van der Waals surface area contributed by atoms with Gasteiger partial charge in [-0.2, -0.15) is 0 Å². The van der Waals surface area contributed by atoms with Crippen molar-refractivity contribution in [1.29, 1.82) is 0 Å². The van der Waals surface area contributed by atoms with E-state index in [2.05, 4.69) is 10.6 Å². The molecule has 2 aromatic rings. The average Bonchev–Trinajstić information content (AvgIpc) is 2.85. The predicted octanol–water partition coefficient (Wildman–Crippen LogP) is 2.03. The number of thiol groups is 1. The number of nitrogens with two attached hydrogens (primary N) is 1. The van der Waals surface area contributed by atoms with E-state index in [1.54, 1.807) is 0 Å². The minimum Gasteiger partial charge on any atom is -0.494 e. The van der Waals surface area contributed by atoms with Gasteiger partial charge >= 0.3 is 6.03 Å². The van der Waals surface area contributed by atoms with Crippen molar-refractivity contribution in [2.75, 3.05) is 25.2 Å². The third-order valence-electron chi connectivity index (χ3n) is 6.66. The molecule has 1 heterocycles. The summed E-state index contributed by atoms with van der Waals surface area (Å²) in [5.74, 6) is 0.560. The minimum atomic E-state index is -1.16. The van der Waals surface area contributed by atoms with Gasteiger partial charge in [0, 0.05) is 22.6 Å². The molecule has 1 saturated heterocycles. The summed E-state index contributed by atoms with van der Waals surface area (Å²) in [5.41, 5.74) is 6.98. The van der Waals surface area contributed by atoms with E-state index in [1.165, 1.54) is 13.8 Å². The molecule has 2 aromatic carbocycles. The summed E-state index contributed by atoms with van der Waals surface area (Å²) in [5, 5.41) is 36.4. The first-order valence-electron chi connectivity index (χ1n) is 12.5. The lowest BCUT2D eigenvalue weighted by atomic mass is 9.96. The number of hydrogen-bond donors (Lipinski definition) is 7. The van der Waals surface area contributed by atoms with Crippen LogP contribution in [0, 0.1) is 0 Å². The summed E-state index contributed by atoms with van der Waals surface area (Å²) in [4.78, 5) is 23.2. The fourth-order valence-corrected chi connectivity index (χ4v) is 6.92. The SMILES string of the molecule is C[SH]1C[C@@H](O)[C@@H](O)[C@@H](O)[C@@H]1c1ccc(Cl)c(Cc2ccc(OCCCNC(=O)NC(C)(C)C(N)=O)cc2)c1. The number of halogens is 1. The van der Waals surface area contributed by atoms with Gasteiger partial charge in [-0.15, -0.1) is 0 Å². The van der Waals surface area contributed by atoms with Gasteiger partial charge < -0.3 is 36.4 Å². The third-order valence-corrected chi connectivity index (χ3v) is 9.54. The van der Waals surface area contributed by atoms with Crippen molar-refractivity contribution >= 4 is 34.4 Å². The maximum Gasteiger partial charge on any atom is 0.315 e. The van der Waals surface area contributed by atoms with Gasteiger partial charge in [0.1, 0.15) is 17.4 Å². The van der Waals surface area contributed by atoms with Crippen LogP contribution in [0.25, 0.3) is 0 Å². The first kappa shape index (κ1) is 30.0. The van der Waals surface area contributed by atoms with E-state index in [9.17, 15) is 24.9 Å². The van der Waals surface area contributed by atoms with Crippen LogP contribution in [0.3, 0.4) is 0 Å². The van der Waals surface area contributed by atoms with Crippen LogP contribution < -0.4 is 21.1 Å². The van der Waals surface area contributed by atoms with Crippen molar-refractivity contribution < 1.29 is 29.6 Å². The van der Waals surface area contributed by atoms with Gasteiger partial charge in [-0.1, -0.05) is 35.9 Å². The summed E-state index contributed by atoms with van der Waals surface area (Å²) < 4.78 is 5.76.